The molecule has 3 aromatic rings. The predicted octanol–water partition coefficient (Wildman–Crippen LogP) is 5.39. The van der Waals surface area contributed by atoms with E-state index in [1.807, 2.05) is 18.2 Å². The van der Waals surface area contributed by atoms with Gasteiger partial charge in [0.1, 0.15) is 0 Å². The summed E-state index contributed by atoms with van der Waals surface area (Å²) >= 11 is 6.45. The number of halogens is 1. The average molecular weight is 299 g/mol. The number of benzene rings is 2. The van der Waals surface area contributed by atoms with E-state index in [4.69, 9.17) is 11.6 Å². The Bertz CT molecular complexity index is 746. The summed E-state index contributed by atoms with van der Waals surface area (Å²) in [6, 6.07) is 16.6. The highest BCUT2D eigenvalue weighted by molar-refractivity contribution is 6.36. The summed E-state index contributed by atoms with van der Waals surface area (Å²) in [6.45, 7) is 2.90. The van der Waals surface area contributed by atoms with Gasteiger partial charge in [0.15, 0.2) is 0 Å². The van der Waals surface area contributed by atoms with Gasteiger partial charge in [-0.1, -0.05) is 61.3 Å². The van der Waals surface area contributed by atoms with Crippen molar-refractivity contribution >= 4 is 28.2 Å². The summed E-state index contributed by atoms with van der Waals surface area (Å²) in [5.41, 5.74) is 4.66. The highest BCUT2D eigenvalue weighted by Gasteiger charge is 2.09. The van der Waals surface area contributed by atoms with Crippen molar-refractivity contribution in [2.75, 3.05) is 5.32 Å². The standard InChI is InChI=1S/C18H19ClN2/c1-2-7-13-8-3-5-10-15(13)20-12-17-18(19)14-9-4-6-11-16(14)21-17/h3-6,8-11,20-21H,2,7,12H2,1H3. The van der Waals surface area contributed by atoms with E-state index in [2.05, 4.69) is 47.6 Å². The molecule has 0 saturated carbocycles. The van der Waals surface area contributed by atoms with Crippen LogP contribution in [0.15, 0.2) is 48.5 Å². The Morgan fingerprint density at radius 3 is 2.62 bits per heavy atom. The molecule has 0 spiro atoms. The van der Waals surface area contributed by atoms with E-state index in [0.29, 0.717) is 6.54 Å². The van der Waals surface area contributed by atoms with Gasteiger partial charge < -0.3 is 10.3 Å². The molecule has 1 heterocycles. The first kappa shape index (κ1) is 14.0. The number of aromatic amines is 1. The largest absolute Gasteiger partial charge is 0.379 e. The molecule has 0 aliphatic carbocycles. The number of anilines is 1. The lowest BCUT2D eigenvalue weighted by Gasteiger charge is -2.11. The molecule has 2 aromatic carbocycles. The van der Waals surface area contributed by atoms with Crippen LogP contribution in [0.3, 0.4) is 0 Å². The number of para-hydroxylation sites is 2. The first-order chi connectivity index (χ1) is 10.3. The Morgan fingerprint density at radius 1 is 1.05 bits per heavy atom. The lowest BCUT2D eigenvalue weighted by Crippen LogP contribution is -2.03. The SMILES string of the molecule is CCCc1ccccc1NCc1[nH]c2ccccc2c1Cl. The van der Waals surface area contributed by atoms with E-state index in [-0.39, 0.29) is 0 Å². The molecule has 1 aromatic heterocycles. The zero-order valence-corrected chi connectivity index (χ0v) is 12.9. The van der Waals surface area contributed by atoms with Crippen LogP contribution in [0.5, 0.6) is 0 Å². The minimum Gasteiger partial charge on any atom is -0.379 e. The maximum atomic E-state index is 6.45. The lowest BCUT2D eigenvalue weighted by molar-refractivity contribution is 0.918. The van der Waals surface area contributed by atoms with Crippen LogP contribution in [-0.4, -0.2) is 4.98 Å². The van der Waals surface area contributed by atoms with Crippen LogP contribution in [-0.2, 0) is 13.0 Å². The molecule has 0 aliphatic rings. The van der Waals surface area contributed by atoms with Crippen LogP contribution in [0.2, 0.25) is 5.02 Å². The second kappa shape index (κ2) is 6.23. The van der Waals surface area contributed by atoms with E-state index in [1.165, 1.54) is 11.3 Å². The minimum atomic E-state index is 0.703. The molecule has 0 radical (unpaired) electrons. The van der Waals surface area contributed by atoms with Crippen molar-refractivity contribution in [3.05, 3.63) is 64.8 Å². The first-order valence-electron chi connectivity index (χ1n) is 7.36. The molecule has 2 nitrogen and oxygen atoms in total. The predicted molar refractivity (Wildman–Crippen MR) is 91.1 cm³/mol. The van der Waals surface area contributed by atoms with Crippen LogP contribution >= 0.6 is 11.6 Å². The second-order valence-corrected chi connectivity index (χ2v) is 5.60. The van der Waals surface area contributed by atoms with Crippen LogP contribution in [0.4, 0.5) is 5.69 Å². The molecular formula is C18H19ClN2. The van der Waals surface area contributed by atoms with Gasteiger partial charge in [-0.2, -0.15) is 0 Å². The Morgan fingerprint density at radius 2 is 1.81 bits per heavy atom. The van der Waals surface area contributed by atoms with E-state index in [9.17, 15) is 0 Å². The number of nitrogens with one attached hydrogen (secondary N) is 2. The van der Waals surface area contributed by atoms with Gasteiger partial charge in [0.05, 0.1) is 17.3 Å². The van der Waals surface area contributed by atoms with Gasteiger partial charge in [-0.05, 0) is 24.1 Å². The maximum Gasteiger partial charge on any atom is 0.0710 e. The van der Waals surface area contributed by atoms with Gasteiger partial charge in [0.25, 0.3) is 0 Å². The summed E-state index contributed by atoms with van der Waals surface area (Å²) in [5, 5.41) is 5.39. The Hall–Kier alpha value is -1.93. The van der Waals surface area contributed by atoms with Crippen molar-refractivity contribution in [3.63, 3.8) is 0 Å². The summed E-state index contributed by atoms with van der Waals surface area (Å²) in [6.07, 6.45) is 2.23. The fourth-order valence-corrected chi connectivity index (χ4v) is 2.93. The summed E-state index contributed by atoms with van der Waals surface area (Å²) in [4.78, 5) is 3.39. The van der Waals surface area contributed by atoms with Crippen molar-refractivity contribution in [1.29, 1.82) is 0 Å². The van der Waals surface area contributed by atoms with Crippen LogP contribution in [0.25, 0.3) is 10.9 Å². The van der Waals surface area contributed by atoms with Crippen molar-refractivity contribution in [1.82, 2.24) is 4.98 Å². The number of aryl methyl sites for hydroxylation is 1. The van der Waals surface area contributed by atoms with Crippen molar-refractivity contribution < 1.29 is 0 Å². The van der Waals surface area contributed by atoms with Gasteiger partial charge in [-0.3, -0.25) is 0 Å². The molecule has 0 unspecified atom stereocenters. The van der Waals surface area contributed by atoms with Crippen LogP contribution in [0.1, 0.15) is 24.6 Å². The molecule has 3 heteroatoms. The molecule has 2 N–H and O–H groups in total. The topological polar surface area (TPSA) is 27.8 Å². The number of hydrogen-bond acceptors (Lipinski definition) is 1. The number of fused-ring (bicyclic) bond motifs is 1. The quantitative estimate of drug-likeness (QED) is 0.650. The van der Waals surface area contributed by atoms with Crippen molar-refractivity contribution in [2.24, 2.45) is 0 Å². The third-order valence-corrected chi connectivity index (χ3v) is 4.14. The van der Waals surface area contributed by atoms with Gasteiger partial charge in [0.2, 0.25) is 0 Å². The zero-order chi connectivity index (χ0) is 14.7. The van der Waals surface area contributed by atoms with Crippen LogP contribution in [0, 0.1) is 0 Å². The molecule has 0 fully saturated rings. The van der Waals surface area contributed by atoms with Gasteiger partial charge in [0, 0.05) is 16.6 Å². The summed E-state index contributed by atoms with van der Waals surface area (Å²) in [5.74, 6) is 0. The van der Waals surface area contributed by atoms with Gasteiger partial charge >= 0.3 is 0 Å². The third-order valence-electron chi connectivity index (χ3n) is 3.71. The fourth-order valence-electron chi connectivity index (χ4n) is 2.65. The third kappa shape index (κ3) is 2.91. The second-order valence-electron chi connectivity index (χ2n) is 5.22. The fraction of sp³-hybridized carbons (Fsp3) is 0.222. The molecule has 3 rings (SSSR count). The smallest absolute Gasteiger partial charge is 0.0710 e. The Kier molecular flexibility index (Phi) is 4.16. The molecular weight excluding hydrogens is 280 g/mol. The van der Waals surface area contributed by atoms with E-state index in [0.717, 1.165) is 34.5 Å². The van der Waals surface area contributed by atoms with Gasteiger partial charge in [-0.15, -0.1) is 0 Å². The number of rotatable bonds is 5. The van der Waals surface area contributed by atoms with Gasteiger partial charge in [-0.25, -0.2) is 0 Å². The number of H-pyrrole nitrogens is 1. The number of aromatic nitrogens is 1. The maximum absolute atomic E-state index is 6.45. The first-order valence-corrected chi connectivity index (χ1v) is 7.74. The lowest BCUT2D eigenvalue weighted by atomic mass is 10.1. The van der Waals surface area contributed by atoms with E-state index < -0.39 is 0 Å². The minimum absolute atomic E-state index is 0.703. The summed E-state index contributed by atoms with van der Waals surface area (Å²) in [7, 11) is 0. The Balaban J connectivity index is 1.82. The molecule has 21 heavy (non-hydrogen) atoms. The van der Waals surface area contributed by atoms with E-state index in [1.54, 1.807) is 0 Å². The van der Waals surface area contributed by atoms with Crippen molar-refractivity contribution in [2.45, 2.75) is 26.3 Å². The highest BCUT2D eigenvalue weighted by atomic mass is 35.5. The summed E-state index contributed by atoms with van der Waals surface area (Å²) < 4.78 is 0. The molecule has 0 bridgehead atoms. The molecule has 0 saturated heterocycles. The molecule has 108 valence electrons. The monoisotopic (exact) mass is 298 g/mol. The van der Waals surface area contributed by atoms with E-state index >= 15 is 0 Å². The van der Waals surface area contributed by atoms with Crippen molar-refractivity contribution in [3.8, 4) is 0 Å². The normalized spacial score (nSPS) is 11.0. The highest BCUT2D eigenvalue weighted by Crippen LogP contribution is 2.28. The Labute approximate surface area is 130 Å². The molecule has 0 aliphatic heterocycles. The molecule has 0 amide bonds. The zero-order valence-electron chi connectivity index (χ0n) is 12.1. The molecule has 0 atom stereocenters. The van der Waals surface area contributed by atoms with Crippen LogP contribution < -0.4 is 5.32 Å². The number of hydrogen-bond donors (Lipinski definition) is 2. The average Bonchev–Trinajstić information content (AvgIpc) is 2.84.